The number of hydrogen-bond donors (Lipinski definition) is 1. The molecule has 0 aromatic carbocycles. The average molecular weight is 305 g/mol. The van der Waals surface area contributed by atoms with Gasteiger partial charge in [0.05, 0.1) is 9.89 Å². The van der Waals surface area contributed by atoms with Crippen LogP contribution in [0.3, 0.4) is 0 Å². The van der Waals surface area contributed by atoms with Gasteiger partial charge in [0.25, 0.3) is 0 Å². The van der Waals surface area contributed by atoms with Gasteiger partial charge in [0.1, 0.15) is 0 Å². The van der Waals surface area contributed by atoms with E-state index >= 15 is 0 Å². The minimum Gasteiger partial charge on any atom is -0.392 e. The Morgan fingerprint density at radius 2 is 2.12 bits per heavy atom. The Morgan fingerprint density at radius 3 is 2.62 bits per heavy atom. The van der Waals surface area contributed by atoms with Crippen molar-refractivity contribution in [3.8, 4) is 0 Å². The first-order valence-electron chi connectivity index (χ1n) is 6.09. The molecule has 0 bridgehead atoms. The number of rotatable bonds is 7. The molecule has 3 heteroatoms. The first-order chi connectivity index (χ1) is 7.67. The van der Waals surface area contributed by atoms with Gasteiger partial charge in [-0.15, -0.1) is 11.3 Å². The molecule has 16 heavy (non-hydrogen) atoms. The quantitative estimate of drug-likeness (QED) is 0.778. The number of halogens is 1. The summed E-state index contributed by atoms with van der Waals surface area (Å²) in [5.74, 6) is 0.459. The standard InChI is InChI=1S/C13H21BrOS/c1-3-5-6-10(4-2)12(15)9-11-7-8-13(14)16-11/h7-8,10,12,15H,3-6,9H2,1-2H3. The number of hydrogen-bond acceptors (Lipinski definition) is 2. The van der Waals surface area contributed by atoms with Gasteiger partial charge in [-0.25, -0.2) is 0 Å². The summed E-state index contributed by atoms with van der Waals surface area (Å²) in [7, 11) is 0. The SMILES string of the molecule is CCCCC(CC)C(O)Cc1ccc(Br)s1. The van der Waals surface area contributed by atoms with E-state index in [1.54, 1.807) is 11.3 Å². The zero-order chi connectivity index (χ0) is 12.0. The Bertz CT molecular complexity index is 298. The Balaban J connectivity index is 2.45. The second-order valence-corrected chi connectivity index (χ2v) is 6.84. The third-order valence-electron chi connectivity index (χ3n) is 3.04. The van der Waals surface area contributed by atoms with Crippen molar-refractivity contribution in [2.75, 3.05) is 0 Å². The summed E-state index contributed by atoms with van der Waals surface area (Å²) in [6, 6.07) is 4.16. The van der Waals surface area contributed by atoms with Crippen LogP contribution in [0.25, 0.3) is 0 Å². The van der Waals surface area contributed by atoms with Crippen LogP contribution in [0.5, 0.6) is 0 Å². The van der Waals surface area contributed by atoms with Gasteiger partial charge in [0.15, 0.2) is 0 Å². The minimum absolute atomic E-state index is 0.179. The van der Waals surface area contributed by atoms with E-state index in [4.69, 9.17) is 0 Å². The van der Waals surface area contributed by atoms with Crippen molar-refractivity contribution in [3.63, 3.8) is 0 Å². The molecule has 0 saturated heterocycles. The van der Waals surface area contributed by atoms with E-state index in [9.17, 15) is 5.11 Å². The summed E-state index contributed by atoms with van der Waals surface area (Å²) < 4.78 is 1.15. The molecule has 0 spiro atoms. The molecule has 0 fully saturated rings. The summed E-state index contributed by atoms with van der Waals surface area (Å²) in [5, 5.41) is 10.2. The highest BCUT2D eigenvalue weighted by Crippen LogP contribution is 2.26. The van der Waals surface area contributed by atoms with Crippen molar-refractivity contribution in [3.05, 3.63) is 20.8 Å². The molecule has 1 N–H and O–H groups in total. The van der Waals surface area contributed by atoms with E-state index in [1.165, 1.54) is 17.7 Å². The van der Waals surface area contributed by atoms with Crippen LogP contribution in [0.4, 0.5) is 0 Å². The summed E-state index contributed by atoms with van der Waals surface area (Å²) >= 11 is 5.18. The Kier molecular flexibility index (Phi) is 6.62. The lowest BCUT2D eigenvalue weighted by atomic mass is 9.91. The molecular weight excluding hydrogens is 284 g/mol. The van der Waals surface area contributed by atoms with Crippen LogP contribution >= 0.6 is 27.3 Å². The molecule has 2 unspecified atom stereocenters. The van der Waals surface area contributed by atoms with E-state index in [2.05, 4.69) is 41.9 Å². The molecular formula is C13H21BrOS. The predicted octanol–water partition coefficient (Wildman–Crippen LogP) is 4.63. The molecule has 1 aromatic heterocycles. The number of aliphatic hydroxyl groups is 1. The van der Waals surface area contributed by atoms with Gasteiger partial charge in [0, 0.05) is 11.3 Å². The minimum atomic E-state index is -0.179. The molecule has 0 aliphatic carbocycles. The lowest BCUT2D eigenvalue weighted by Gasteiger charge is -2.20. The van der Waals surface area contributed by atoms with Crippen LogP contribution in [0.15, 0.2) is 15.9 Å². The fraction of sp³-hybridized carbons (Fsp3) is 0.692. The maximum absolute atomic E-state index is 10.2. The van der Waals surface area contributed by atoms with E-state index < -0.39 is 0 Å². The molecule has 0 aliphatic heterocycles. The molecule has 1 aromatic rings. The highest BCUT2D eigenvalue weighted by atomic mass is 79.9. The first kappa shape index (κ1) is 14.2. The van der Waals surface area contributed by atoms with Gasteiger partial charge >= 0.3 is 0 Å². The van der Waals surface area contributed by atoms with E-state index in [1.807, 2.05) is 0 Å². The van der Waals surface area contributed by atoms with Crippen molar-refractivity contribution in [1.82, 2.24) is 0 Å². The summed E-state index contributed by atoms with van der Waals surface area (Å²) in [5.41, 5.74) is 0. The fourth-order valence-corrected chi connectivity index (χ4v) is 3.50. The normalized spacial score (nSPS) is 15.0. The molecule has 0 saturated carbocycles. The number of thiophene rings is 1. The predicted molar refractivity (Wildman–Crippen MR) is 75.0 cm³/mol. The van der Waals surface area contributed by atoms with Gasteiger partial charge in [-0.1, -0.05) is 33.1 Å². The van der Waals surface area contributed by atoms with Crippen molar-refractivity contribution in [1.29, 1.82) is 0 Å². The zero-order valence-electron chi connectivity index (χ0n) is 10.1. The first-order valence-corrected chi connectivity index (χ1v) is 7.70. The van der Waals surface area contributed by atoms with Gasteiger partial charge in [-0.05, 0) is 40.4 Å². The van der Waals surface area contributed by atoms with Crippen molar-refractivity contribution in [2.24, 2.45) is 5.92 Å². The van der Waals surface area contributed by atoms with Crippen LogP contribution in [0.2, 0.25) is 0 Å². The molecule has 0 aliphatic rings. The number of unbranched alkanes of at least 4 members (excludes halogenated alkanes) is 1. The Hall–Kier alpha value is 0.140. The molecule has 1 rings (SSSR count). The second kappa shape index (κ2) is 7.46. The monoisotopic (exact) mass is 304 g/mol. The van der Waals surface area contributed by atoms with Gasteiger partial charge < -0.3 is 5.11 Å². The van der Waals surface area contributed by atoms with Crippen molar-refractivity contribution >= 4 is 27.3 Å². The van der Waals surface area contributed by atoms with Crippen LogP contribution in [-0.2, 0) is 6.42 Å². The van der Waals surface area contributed by atoms with E-state index in [0.717, 1.165) is 23.0 Å². The van der Waals surface area contributed by atoms with Crippen molar-refractivity contribution < 1.29 is 5.11 Å². The van der Waals surface area contributed by atoms with Crippen molar-refractivity contribution in [2.45, 2.75) is 52.1 Å². The number of aliphatic hydroxyl groups excluding tert-OH is 1. The Morgan fingerprint density at radius 1 is 1.38 bits per heavy atom. The lowest BCUT2D eigenvalue weighted by molar-refractivity contribution is 0.0995. The fourth-order valence-electron chi connectivity index (χ4n) is 1.97. The zero-order valence-corrected chi connectivity index (χ0v) is 12.5. The van der Waals surface area contributed by atoms with Crippen LogP contribution in [-0.4, -0.2) is 11.2 Å². The Labute approximate surface area is 111 Å². The molecule has 2 atom stereocenters. The van der Waals surface area contributed by atoms with E-state index in [-0.39, 0.29) is 6.10 Å². The van der Waals surface area contributed by atoms with E-state index in [0.29, 0.717) is 5.92 Å². The average Bonchev–Trinajstić information content (AvgIpc) is 2.65. The highest BCUT2D eigenvalue weighted by molar-refractivity contribution is 9.11. The summed E-state index contributed by atoms with van der Waals surface area (Å²) in [4.78, 5) is 1.27. The third-order valence-corrected chi connectivity index (χ3v) is 4.68. The summed E-state index contributed by atoms with van der Waals surface area (Å²) in [6.07, 6.45) is 5.30. The van der Waals surface area contributed by atoms with Crippen LogP contribution < -0.4 is 0 Å². The summed E-state index contributed by atoms with van der Waals surface area (Å²) in [6.45, 7) is 4.38. The lowest BCUT2D eigenvalue weighted by Crippen LogP contribution is -2.22. The van der Waals surface area contributed by atoms with Crippen LogP contribution in [0, 0.1) is 5.92 Å². The van der Waals surface area contributed by atoms with Gasteiger partial charge in [-0.2, -0.15) is 0 Å². The molecule has 1 nitrogen and oxygen atoms in total. The molecule has 0 amide bonds. The highest BCUT2D eigenvalue weighted by Gasteiger charge is 2.17. The van der Waals surface area contributed by atoms with Gasteiger partial charge in [0.2, 0.25) is 0 Å². The largest absolute Gasteiger partial charge is 0.392 e. The maximum Gasteiger partial charge on any atom is 0.0701 e. The molecule has 92 valence electrons. The van der Waals surface area contributed by atoms with Crippen LogP contribution in [0.1, 0.15) is 44.4 Å². The molecule has 1 heterocycles. The third kappa shape index (κ3) is 4.56. The van der Waals surface area contributed by atoms with Gasteiger partial charge in [-0.3, -0.25) is 0 Å². The second-order valence-electron chi connectivity index (χ2n) is 4.29. The smallest absolute Gasteiger partial charge is 0.0701 e. The molecule has 0 radical (unpaired) electrons. The topological polar surface area (TPSA) is 20.2 Å². The maximum atomic E-state index is 10.2.